The molecule has 108 valence electrons. The Kier molecular flexibility index (Phi) is 5.30. The first-order chi connectivity index (χ1) is 9.72. The zero-order valence-electron chi connectivity index (χ0n) is 12.1. The van der Waals surface area contributed by atoms with Crippen molar-refractivity contribution in [1.82, 2.24) is 15.5 Å². The van der Waals surface area contributed by atoms with E-state index in [0.717, 1.165) is 37.1 Å². The van der Waals surface area contributed by atoms with Crippen LogP contribution >= 0.6 is 0 Å². The summed E-state index contributed by atoms with van der Waals surface area (Å²) in [5.41, 5.74) is 3.14. The zero-order valence-corrected chi connectivity index (χ0v) is 12.1. The maximum Gasteiger partial charge on any atom is 0.127 e. The first-order valence-electron chi connectivity index (χ1n) is 7.19. The lowest BCUT2D eigenvalue weighted by Gasteiger charge is -2.18. The molecular formula is C16H22FN3. The van der Waals surface area contributed by atoms with Crippen molar-refractivity contribution in [2.24, 2.45) is 0 Å². The summed E-state index contributed by atoms with van der Waals surface area (Å²) in [6, 6.07) is 7.08. The van der Waals surface area contributed by atoms with Crippen LogP contribution in [-0.2, 0) is 6.42 Å². The van der Waals surface area contributed by atoms with Crippen LogP contribution in [0.25, 0.3) is 0 Å². The summed E-state index contributed by atoms with van der Waals surface area (Å²) in [5, 5.41) is 10.4. The molecule has 1 aromatic carbocycles. The molecule has 3 nitrogen and oxygen atoms in total. The Bertz CT molecular complexity index is 536. The average Bonchev–Trinajstić information content (AvgIpc) is 2.86. The monoisotopic (exact) mass is 275 g/mol. The van der Waals surface area contributed by atoms with Crippen molar-refractivity contribution in [2.45, 2.75) is 39.2 Å². The van der Waals surface area contributed by atoms with Crippen LogP contribution in [0.3, 0.4) is 0 Å². The Morgan fingerprint density at radius 2 is 2.15 bits per heavy atom. The second-order valence-corrected chi connectivity index (χ2v) is 5.06. The average molecular weight is 275 g/mol. The summed E-state index contributed by atoms with van der Waals surface area (Å²) < 4.78 is 13.8. The molecule has 2 N–H and O–H groups in total. The first kappa shape index (κ1) is 14.7. The van der Waals surface area contributed by atoms with Gasteiger partial charge in [0.05, 0.1) is 6.20 Å². The number of rotatable bonds is 7. The summed E-state index contributed by atoms with van der Waals surface area (Å²) in [5.74, 6) is -0.127. The predicted octanol–water partition coefficient (Wildman–Crippen LogP) is 3.53. The number of aromatic amines is 1. The van der Waals surface area contributed by atoms with Crippen LogP contribution in [0.1, 0.15) is 42.6 Å². The molecule has 0 aliphatic rings. The minimum atomic E-state index is -0.127. The minimum absolute atomic E-state index is 0.0849. The fourth-order valence-corrected chi connectivity index (χ4v) is 2.41. The molecule has 0 spiro atoms. The van der Waals surface area contributed by atoms with Gasteiger partial charge in [0.25, 0.3) is 0 Å². The highest BCUT2D eigenvalue weighted by atomic mass is 19.1. The quantitative estimate of drug-likeness (QED) is 0.759. The molecule has 0 amide bonds. The third-order valence-corrected chi connectivity index (χ3v) is 3.64. The molecule has 1 aromatic heterocycles. The van der Waals surface area contributed by atoms with E-state index in [1.165, 1.54) is 11.6 Å². The number of hydrogen-bond acceptors (Lipinski definition) is 2. The predicted molar refractivity (Wildman–Crippen MR) is 79.1 cm³/mol. The van der Waals surface area contributed by atoms with E-state index in [2.05, 4.69) is 22.4 Å². The Hall–Kier alpha value is -1.68. The van der Waals surface area contributed by atoms with Crippen LogP contribution < -0.4 is 5.32 Å². The van der Waals surface area contributed by atoms with Gasteiger partial charge in [0.1, 0.15) is 5.82 Å². The number of H-pyrrole nitrogens is 1. The number of benzene rings is 1. The van der Waals surface area contributed by atoms with Gasteiger partial charge in [-0.3, -0.25) is 5.10 Å². The Morgan fingerprint density at radius 1 is 1.35 bits per heavy atom. The molecule has 20 heavy (non-hydrogen) atoms. The molecule has 0 saturated heterocycles. The van der Waals surface area contributed by atoms with Crippen LogP contribution in [-0.4, -0.2) is 16.7 Å². The lowest BCUT2D eigenvalue weighted by atomic mass is 10.0. The topological polar surface area (TPSA) is 40.7 Å². The molecule has 0 fully saturated rings. The SMILES string of the molecule is CCC(NCCCc1cn[nH]c1C)c1ccccc1F. The summed E-state index contributed by atoms with van der Waals surface area (Å²) in [6.07, 6.45) is 4.77. The molecule has 1 heterocycles. The fraction of sp³-hybridized carbons (Fsp3) is 0.438. The molecule has 2 aromatic rings. The van der Waals surface area contributed by atoms with Crippen molar-refractivity contribution in [3.8, 4) is 0 Å². The molecule has 0 saturated carbocycles. The van der Waals surface area contributed by atoms with E-state index >= 15 is 0 Å². The first-order valence-corrected chi connectivity index (χ1v) is 7.19. The van der Waals surface area contributed by atoms with Gasteiger partial charge in [-0.05, 0) is 44.4 Å². The number of halogens is 1. The van der Waals surface area contributed by atoms with Gasteiger partial charge in [-0.1, -0.05) is 25.1 Å². The molecule has 2 rings (SSSR count). The van der Waals surface area contributed by atoms with Crippen LogP contribution in [0, 0.1) is 12.7 Å². The summed E-state index contributed by atoms with van der Waals surface area (Å²) in [6.45, 7) is 4.98. The highest BCUT2D eigenvalue weighted by Gasteiger charge is 2.12. The third kappa shape index (κ3) is 3.67. The summed E-state index contributed by atoms with van der Waals surface area (Å²) in [4.78, 5) is 0. The number of nitrogens with zero attached hydrogens (tertiary/aromatic N) is 1. The van der Waals surface area contributed by atoms with E-state index < -0.39 is 0 Å². The van der Waals surface area contributed by atoms with E-state index in [9.17, 15) is 4.39 Å². The molecule has 1 atom stereocenters. The van der Waals surface area contributed by atoms with E-state index in [4.69, 9.17) is 0 Å². The van der Waals surface area contributed by atoms with Gasteiger partial charge in [0, 0.05) is 17.3 Å². The second kappa shape index (κ2) is 7.20. The summed E-state index contributed by atoms with van der Waals surface area (Å²) in [7, 11) is 0. The molecule has 0 bridgehead atoms. The van der Waals surface area contributed by atoms with Crippen LogP contribution in [0.4, 0.5) is 4.39 Å². The van der Waals surface area contributed by atoms with E-state index in [0.29, 0.717) is 0 Å². The fourth-order valence-electron chi connectivity index (χ4n) is 2.41. The number of aryl methyl sites for hydroxylation is 2. The maximum atomic E-state index is 13.8. The van der Waals surface area contributed by atoms with Crippen molar-refractivity contribution >= 4 is 0 Å². The van der Waals surface area contributed by atoms with Crippen molar-refractivity contribution in [2.75, 3.05) is 6.54 Å². The van der Waals surface area contributed by atoms with Crippen LogP contribution in [0.15, 0.2) is 30.5 Å². The standard InChI is InChI=1S/C16H22FN3/c1-3-16(14-8-4-5-9-15(14)17)18-10-6-7-13-11-19-20-12(13)2/h4-5,8-9,11,16,18H,3,6-7,10H2,1-2H3,(H,19,20). The Morgan fingerprint density at radius 3 is 2.80 bits per heavy atom. The maximum absolute atomic E-state index is 13.8. The van der Waals surface area contributed by atoms with Crippen molar-refractivity contribution < 1.29 is 4.39 Å². The molecule has 4 heteroatoms. The second-order valence-electron chi connectivity index (χ2n) is 5.06. The normalized spacial score (nSPS) is 12.6. The Labute approximate surface area is 119 Å². The highest BCUT2D eigenvalue weighted by molar-refractivity contribution is 5.21. The van der Waals surface area contributed by atoms with E-state index in [1.807, 2.05) is 25.3 Å². The van der Waals surface area contributed by atoms with Gasteiger partial charge in [-0.2, -0.15) is 5.10 Å². The molecule has 0 aliphatic carbocycles. The summed E-state index contributed by atoms with van der Waals surface area (Å²) >= 11 is 0. The smallest absolute Gasteiger partial charge is 0.127 e. The number of aromatic nitrogens is 2. The van der Waals surface area contributed by atoms with E-state index in [1.54, 1.807) is 6.07 Å². The van der Waals surface area contributed by atoms with Gasteiger partial charge >= 0.3 is 0 Å². The largest absolute Gasteiger partial charge is 0.310 e. The van der Waals surface area contributed by atoms with E-state index in [-0.39, 0.29) is 11.9 Å². The molecular weight excluding hydrogens is 253 g/mol. The van der Waals surface area contributed by atoms with Crippen LogP contribution in [0.2, 0.25) is 0 Å². The molecule has 0 radical (unpaired) electrons. The van der Waals surface area contributed by atoms with Crippen molar-refractivity contribution in [1.29, 1.82) is 0 Å². The van der Waals surface area contributed by atoms with Gasteiger partial charge < -0.3 is 5.32 Å². The molecule has 1 unspecified atom stereocenters. The minimum Gasteiger partial charge on any atom is -0.310 e. The van der Waals surface area contributed by atoms with Gasteiger partial charge in [-0.15, -0.1) is 0 Å². The lowest BCUT2D eigenvalue weighted by molar-refractivity contribution is 0.483. The van der Waals surface area contributed by atoms with Crippen LogP contribution in [0.5, 0.6) is 0 Å². The highest BCUT2D eigenvalue weighted by Crippen LogP contribution is 2.19. The molecule has 0 aliphatic heterocycles. The number of nitrogens with one attached hydrogen (secondary N) is 2. The van der Waals surface area contributed by atoms with Gasteiger partial charge in [0.15, 0.2) is 0 Å². The lowest BCUT2D eigenvalue weighted by Crippen LogP contribution is -2.23. The van der Waals surface area contributed by atoms with Crippen molar-refractivity contribution in [3.05, 3.63) is 53.1 Å². The number of hydrogen-bond donors (Lipinski definition) is 2. The van der Waals surface area contributed by atoms with Gasteiger partial charge in [0.2, 0.25) is 0 Å². The van der Waals surface area contributed by atoms with Gasteiger partial charge in [-0.25, -0.2) is 4.39 Å². The zero-order chi connectivity index (χ0) is 14.4. The van der Waals surface area contributed by atoms with Crippen molar-refractivity contribution in [3.63, 3.8) is 0 Å². The third-order valence-electron chi connectivity index (χ3n) is 3.64. The Balaban J connectivity index is 1.83.